The number of pyridine rings is 3. The van der Waals surface area contributed by atoms with Crippen molar-refractivity contribution in [2.75, 3.05) is 0 Å². The fourth-order valence-electron chi connectivity index (χ4n) is 4.10. The average molecular weight is 373 g/mol. The highest BCUT2D eigenvalue weighted by atomic mass is 15.0. The van der Waals surface area contributed by atoms with Crippen molar-refractivity contribution < 1.29 is 0 Å². The highest BCUT2D eigenvalue weighted by Crippen LogP contribution is 2.32. The first kappa shape index (κ1) is 18.8. The molecule has 0 aliphatic carbocycles. The third kappa shape index (κ3) is 4.63. The molecule has 28 heavy (non-hydrogen) atoms. The summed E-state index contributed by atoms with van der Waals surface area (Å²) in [7, 11) is 0. The molecule has 3 aromatic heterocycles. The smallest absolute Gasteiger partial charge is 0.0602 e. The monoisotopic (exact) mass is 372 g/mol. The molecule has 4 heterocycles. The molecule has 1 saturated heterocycles. The molecule has 2 atom stereocenters. The molecular weight excluding hydrogens is 344 g/mol. The molecule has 1 aliphatic heterocycles. The molecule has 1 aliphatic rings. The molecule has 4 rings (SSSR count). The van der Waals surface area contributed by atoms with Gasteiger partial charge in [0.15, 0.2) is 0 Å². The van der Waals surface area contributed by atoms with Crippen molar-refractivity contribution in [3.63, 3.8) is 0 Å². The van der Waals surface area contributed by atoms with Crippen molar-refractivity contribution in [3.05, 3.63) is 89.3 Å². The Morgan fingerprint density at radius 1 is 0.964 bits per heavy atom. The van der Waals surface area contributed by atoms with Gasteiger partial charge in [-0.05, 0) is 80.8 Å². The SMILES string of the molecule is Cc1cccnc1[C@@H]1CCC[C@H](c2cccc(CCCc3cccnc3)n2)N1. The van der Waals surface area contributed by atoms with Crippen molar-refractivity contribution in [2.45, 2.75) is 57.5 Å². The number of nitrogens with one attached hydrogen (secondary N) is 1. The molecule has 4 heteroatoms. The molecule has 0 amide bonds. The molecular formula is C24H28N4. The van der Waals surface area contributed by atoms with E-state index >= 15 is 0 Å². The van der Waals surface area contributed by atoms with E-state index in [1.807, 2.05) is 30.7 Å². The van der Waals surface area contributed by atoms with Gasteiger partial charge in [-0.3, -0.25) is 15.0 Å². The van der Waals surface area contributed by atoms with Crippen LogP contribution in [0.3, 0.4) is 0 Å². The highest BCUT2D eigenvalue weighted by molar-refractivity contribution is 5.23. The van der Waals surface area contributed by atoms with E-state index in [2.05, 4.69) is 52.5 Å². The summed E-state index contributed by atoms with van der Waals surface area (Å²) in [6.07, 6.45) is 12.3. The Morgan fingerprint density at radius 2 is 1.86 bits per heavy atom. The summed E-state index contributed by atoms with van der Waals surface area (Å²) < 4.78 is 0. The molecule has 1 N–H and O–H groups in total. The van der Waals surface area contributed by atoms with Gasteiger partial charge in [0.2, 0.25) is 0 Å². The lowest BCUT2D eigenvalue weighted by atomic mass is 9.92. The Kier molecular flexibility index (Phi) is 6.07. The van der Waals surface area contributed by atoms with Gasteiger partial charge in [-0.1, -0.05) is 18.2 Å². The van der Waals surface area contributed by atoms with Crippen LogP contribution < -0.4 is 5.32 Å². The minimum atomic E-state index is 0.304. The van der Waals surface area contributed by atoms with Crippen LogP contribution in [0.1, 0.15) is 66.0 Å². The fraction of sp³-hybridized carbons (Fsp3) is 0.375. The van der Waals surface area contributed by atoms with E-state index in [9.17, 15) is 0 Å². The van der Waals surface area contributed by atoms with Crippen LogP contribution in [0.4, 0.5) is 0 Å². The maximum atomic E-state index is 4.98. The molecule has 144 valence electrons. The van der Waals surface area contributed by atoms with E-state index in [0.29, 0.717) is 12.1 Å². The third-order valence-electron chi connectivity index (χ3n) is 5.57. The van der Waals surface area contributed by atoms with E-state index in [0.717, 1.165) is 37.8 Å². The normalized spacial score (nSPS) is 19.5. The Labute approximate surface area is 167 Å². The van der Waals surface area contributed by atoms with Gasteiger partial charge in [0, 0.05) is 30.3 Å². The minimum Gasteiger partial charge on any atom is -0.300 e. The summed E-state index contributed by atoms with van der Waals surface area (Å²) in [5.74, 6) is 0. The van der Waals surface area contributed by atoms with Crippen LogP contribution in [0.2, 0.25) is 0 Å². The maximum Gasteiger partial charge on any atom is 0.0602 e. The van der Waals surface area contributed by atoms with Crippen molar-refractivity contribution in [3.8, 4) is 0 Å². The summed E-state index contributed by atoms with van der Waals surface area (Å²) in [6, 6.07) is 15.4. The number of aryl methyl sites for hydroxylation is 3. The van der Waals surface area contributed by atoms with E-state index < -0.39 is 0 Å². The van der Waals surface area contributed by atoms with Gasteiger partial charge in [-0.2, -0.15) is 0 Å². The number of hydrogen-bond donors (Lipinski definition) is 1. The lowest BCUT2D eigenvalue weighted by molar-refractivity contribution is 0.320. The predicted octanol–water partition coefficient (Wildman–Crippen LogP) is 4.91. The quantitative estimate of drug-likeness (QED) is 0.668. The van der Waals surface area contributed by atoms with E-state index in [1.54, 1.807) is 0 Å². The van der Waals surface area contributed by atoms with Crippen LogP contribution in [-0.4, -0.2) is 15.0 Å². The number of nitrogens with zero attached hydrogens (tertiary/aromatic N) is 3. The van der Waals surface area contributed by atoms with Gasteiger partial charge in [0.25, 0.3) is 0 Å². The Bertz CT molecular complexity index is 894. The molecule has 0 unspecified atom stereocenters. The van der Waals surface area contributed by atoms with Crippen molar-refractivity contribution in [1.29, 1.82) is 0 Å². The van der Waals surface area contributed by atoms with Crippen molar-refractivity contribution in [2.24, 2.45) is 0 Å². The Morgan fingerprint density at radius 3 is 2.71 bits per heavy atom. The topological polar surface area (TPSA) is 50.7 Å². The zero-order valence-corrected chi connectivity index (χ0v) is 16.5. The molecule has 3 aromatic rings. The molecule has 1 fully saturated rings. The van der Waals surface area contributed by atoms with Gasteiger partial charge in [0.1, 0.15) is 0 Å². The first-order valence-electron chi connectivity index (χ1n) is 10.3. The molecule has 4 nitrogen and oxygen atoms in total. The van der Waals surface area contributed by atoms with Gasteiger partial charge >= 0.3 is 0 Å². The number of hydrogen-bond acceptors (Lipinski definition) is 4. The van der Waals surface area contributed by atoms with Crippen molar-refractivity contribution in [1.82, 2.24) is 20.3 Å². The molecule has 0 aromatic carbocycles. The van der Waals surface area contributed by atoms with Crippen LogP contribution in [0.5, 0.6) is 0 Å². The first-order chi connectivity index (χ1) is 13.8. The zero-order valence-electron chi connectivity index (χ0n) is 16.5. The Hall–Kier alpha value is -2.59. The van der Waals surface area contributed by atoms with E-state index in [4.69, 9.17) is 4.98 Å². The summed E-state index contributed by atoms with van der Waals surface area (Å²) in [6.45, 7) is 2.15. The van der Waals surface area contributed by atoms with Crippen LogP contribution in [-0.2, 0) is 12.8 Å². The third-order valence-corrected chi connectivity index (χ3v) is 5.57. The molecule has 0 saturated carbocycles. The molecule has 0 spiro atoms. The lowest BCUT2D eigenvalue weighted by Gasteiger charge is -2.31. The lowest BCUT2D eigenvalue weighted by Crippen LogP contribution is -2.32. The van der Waals surface area contributed by atoms with Gasteiger partial charge in [-0.25, -0.2) is 0 Å². The minimum absolute atomic E-state index is 0.304. The van der Waals surface area contributed by atoms with Crippen LogP contribution in [0.15, 0.2) is 61.1 Å². The average Bonchev–Trinajstić information content (AvgIpc) is 2.75. The number of piperidine rings is 1. The number of rotatable bonds is 6. The maximum absolute atomic E-state index is 4.98. The fourth-order valence-corrected chi connectivity index (χ4v) is 4.10. The largest absolute Gasteiger partial charge is 0.300 e. The summed E-state index contributed by atoms with van der Waals surface area (Å²) >= 11 is 0. The van der Waals surface area contributed by atoms with Crippen LogP contribution >= 0.6 is 0 Å². The van der Waals surface area contributed by atoms with E-state index in [-0.39, 0.29) is 0 Å². The molecule has 0 radical (unpaired) electrons. The molecule has 0 bridgehead atoms. The summed E-state index contributed by atoms with van der Waals surface area (Å²) in [5.41, 5.74) is 6.08. The van der Waals surface area contributed by atoms with Crippen LogP contribution in [0, 0.1) is 6.92 Å². The summed E-state index contributed by atoms with van der Waals surface area (Å²) in [5, 5.41) is 3.80. The zero-order chi connectivity index (χ0) is 19.2. The second-order valence-electron chi connectivity index (χ2n) is 7.68. The van der Waals surface area contributed by atoms with Crippen LogP contribution in [0.25, 0.3) is 0 Å². The van der Waals surface area contributed by atoms with Gasteiger partial charge in [-0.15, -0.1) is 0 Å². The van der Waals surface area contributed by atoms with E-state index in [1.165, 1.54) is 28.9 Å². The number of aromatic nitrogens is 3. The second-order valence-corrected chi connectivity index (χ2v) is 7.68. The first-order valence-corrected chi connectivity index (χ1v) is 10.3. The summed E-state index contributed by atoms with van der Waals surface area (Å²) in [4.78, 5) is 13.8. The predicted molar refractivity (Wildman–Crippen MR) is 112 cm³/mol. The van der Waals surface area contributed by atoms with Crippen molar-refractivity contribution >= 4 is 0 Å². The highest BCUT2D eigenvalue weighted by Gasteiger charge is 2.25. The Balaban J connectivity index is 1.40. The van der Waals surface area contributed by atoms with Gasteiger partial charge in [0.05, 0.1) is 17.4 Å². The second kappa shape index (κ2) is 9.07. The van der Waals surface area contributed by atoms with Gasteiger partial charge < -0.3 is 5.32 Å². The standard InChI is InChI=1S/C24H28N4/c1-18-7-5-16-26-24(18)23-14-4-13-22(28-23)21-12-3-11-20(27-21)10-2-8-19-9-6-15-25-17-19/h3,5-7,9,11-12,15-17,22-23,28H,2,4,8,10,13-14H2,1H3/t22-,23+/m1/s1.